The molecule has 10 nitrogen and oxygen atoms in total. The van der Waals surface area contributed by atoms with Crippen LogP contribution in [0.1, 0.15) is 6.92 Å². The average molecular weight is 432 g/mol. The van der Waals surface area contributed by atoms with Crippen LogP contribution in [0.3, 0.4) is 0 Å². The molecule has 0 aliphatic heterocycles. The van der Waals surface area contributed by atoms with Crippen LogP contribution in [0.25, 0.3) is 0 Å². The predicted molar refractivity (Wildman–Crippen MR) is 110 cm³/mol. The quantitative estimate of drug-likeness (QED) is 0.502. The van der Waals surface area contributed by atoms with Crippen LogP contribution < -0.4 is 16.0 Å². The summed E-state index contributed by atoms with van der Waals surface area (Å²) in [7, 11) is 0.788. The van der Waals surface area contributed by atoms with Crippen molar-refractivity contribution in [3.63, 3.8) is 0 Å². The number of ether oxygens (including phenoxy) is 2. The van der Waals surface area contributed by atoms with E-state index < -0.39 is 28.9 Å². The number of nitrogens with one attached hydrogen (secondary N) is 3. The third kappa shape index (κ3) is 6.41. The average Bonchev–Trinajstić information content (AvgIpc) is 2.74. The zero-order valence-corrected chi connectivity index (χ0v) is 17.2. The van der Waals surface area contributed by atoms with Gasteiger partial charge in [-0.05, 0) is 30.3 Å². The van der Waals surface area contributed by atoms with Gasteiger partial charge in [-0.3, -0.25) is 15.4 Å². The highest BCUT2D eigenvalue weighted by molar-refractivity contribution is 7.85. The molecule has 0 radical (unpaired) electrons. The molecule has 0 aromatic heterocycles. The van der Waals surface area contributed by atoms with Crippen molar-refractivity contribution >= 4 is 46.2 Å². The first-order chi connectivity index (χ1) is 14.3. The molecular formula is C19H20N4O6S. The first-order valence-corrected chi connectivity index (χ1v) is 9.66. The predicted octanol–water partition coefficient (Wildman–Crippen LogP) is 2.51. The lowest BCUT2D eigenvalue weighted by Crippen LogP contribution is -2.43. The van der Waals surface area contributed by atoms with Crippen molar-refractivity contribution in [1.29, 1.82) is 0 Å². The Balaban J connectivity index is 2.46. The lowest BCUT2D eigenvalue weighted by Gasteiger charge is -2.12. The van der Waals surface area contributed by atoms with Crippen LogP contribution >= 0.6 is 0 Å². The minimum Gasteiger partial charge on any atom is -0.453 e. The summed E-state index contributed by atoms with van der Waals surface area (Å²) < 4.78 is 21.8. The summed E-state index contributed by atoms with van der Waals surface area (Å²) in [5.41, 5.74) is 0.405. The van der Waals surface area contributed by atoms with Gasteiger partial charge in [-0.15, -0.1) is 0 Å². The number of amides is 3. The minimum atomic E-state index is -1.49. The molecule has 0 heterocycles. The van der Waals surface area contributed by atoms with E-state index in [1.54, 1.807) is 30.3 Å². The molecule has 0 spiro atoms. The lowest BCUT2D eigenvalue weighted by molar-refractivity contribution is -0.114. The largest absolute Gasteiger partial charge is 0.453 e. The topological polar surface area (TPSA) is 135 Å². The SMILES string of the molecule is COC(=O)NC(=Nc1ccc(S(=O)c2ccccc2)cc1NC(C)=O)NC(=O)OC. The van der Waals surface area contributed by atoms with E-state index in [-0.39, 0.29) is 17.3 Å². The fourth-order valence-corrected chi connectivity index (χ4v) is 3.29. The Labute approximate surface area is 175 Å². The summed E-state index contributed by atoms with van der Waals surface area (Å²) >= 11 is 0. The first kappa shape index (κ1) is 22.6. The number of carbonyl (C=O) groups excluding carboxylic acids is 3. The molecule has 0 saturated heterocycles. The van der Waals surface area contributed by atoms with Crippen molar-refractivity contribution < 1.29 is 28.1 Å². The van der Waals surface area contributed by atoms with E-state index >= 15 is 0 Å². The van der Waals surface area contributed by atoms with Gasteiger partial charge in [-0.25, -0.2) is 18.8 Å². The molecule has 1 unspecified atom stereocenters. The maximum atomic E-state index is 12.8. The van der Waals surface area contributed by atoms with Crippen LogP contribution in [0.2, 0.25) is 0 Å². The molecule has 158 valence electrons. The Morgan fingerprint density at radius 2 is 1.50 bits per heavy atom. The summed E-state index contributed by atoms with van der Waals surface area (Å²) in [5.74, 6) is -0.685. The first-order valence-electron chi connectivity index (χ1n) is 8.51. The van der Waals surface area contributed by atoms with Gasteiger partial charge in [0.25, 0.3) is 0 Å². The highest BCUT2D eigenvalue weighted by Crippen LogP contribution is 2.29. The summed E-state index contributed by atoms with van der Waals surface area (Å²) in [5, 5.41) is 7.05. The van der Waals surface area contributed by atoms with E-state index in [9.17, 15) is 18.6 Å². The van der Waals surface area contributed by atoms with Gasteiger partial charge in [0, 0.05) is 16.7 Å². The number of hydrogen-bond acceptors (Lipinski definition) is 7. The van der Waals surface area contributed by atoms with Gasteiger partial charge in [0.15, 0.2) is 0 Å². The van der Waals surface area contributed by atoms with Crippen molar-refractivity contribution in [3.8, 4) is 0 Å². The van der Waals surface area contributed by atoms with Crippen molar-refractivity contribution in [2.45, 2.75) is 16.7 Å². The highest BCUT2D eigenvalue weighted by Gasteiger charge is 2.15. The number of carbonyl (C=O) groups is 3. The third-order valence-corrected chi connectivity index (χ3v) is 4.88. The molecule has 30 heavy (non-hydrogen) atoms. The zero-order valence-electron chi connectivity index (χ0n) is 16.4. The van der Waals surface area contributed by atoms with Crippen LogP contribution in [0, 0.1) is 0 Å². The molecule has 2 aromatic carbocycles. The smallest absolute Gasteiger partial charge is 0.413 e. The third-order valence-electron chi connectivity index (χ3n) is 3.49. The maximum Gasteiger partial charge on any atom is 0.413 e. The molecule has 11 heteroatoms. The fraction of sp³-hybridized carbons (Fsp3) is 0.158. The molecule has 0 bridgehead atoms. The van der Waals surface area contributed by atoms with Crippen molar-refractivity contribution in [3.05, 3.63) is 48.5 Å². The van der Waals surface area contributed by atoms with Crippen LogP contribution in [-0.4, -0.2) is 42.5 Å². The second kappa shape index (κ2) is 10.7. The molecule has 0 aliphatic carbocycles. The monoisotopic (exact) mass is 432 g/mol. The standard InChI is InChI=1S/C19H20N4O6S/c1-12(24)20-16-11-14(30(27)13-7-5-4-6-8-13)9-10-15(16)21-17(22-18(25)28-2)23-19(26)29-3/h4-11H,1-3H3,(H,20,24)(H2,21,22,23,25,26). The molecule has 0 saturated carbocycles. The number of guanidine groups is 1. The van der Waals surface area contributed by atoms with E-state index in [4.69, 9.17) is 0 Å². The summed E-state index contributed by atoms with van der Waals surface area (Å²) in [6.45, 7) is 1.30. The number of alkyl carbamates (subject to hydrolysis) is 2. The van der Waals surface area contributed by atoms with Gasteiger partial charge < -0.3 is 14.8 Å². The van der Waals surface area contributed by atoms with Gasteiger partial charge in [0.1, 0.15) is 0 Å². The fourth-order valence-electron chi connectivity index (χ4n) is 2.20. The highest BCUT2D eigenvalue weighted by atomic mass is 32.2. The van der Waals surface area contributed by atoms with Gasteiger partial charge in [0.2, 0.25) is 11.9 Å². The van der Waals surface area contributed by atoms with Crippen LogP contribution in [0.4, 0.5) is 21.0 Å². The van der Waals surface area contributed by atoms with E-state index in [2.05, 4.69) is 30.4 Å². The number of rotatable bonds is 4. The van der Waals surface area contributed by atoms with Crippen LogP contribution in [0.5, 0.6) is 0 Å². The van der Waals surface area contributed by atoms with Gasteiger partial charge in [0.05, 0.1) is 36.4 Å². The summed E-state index contributed by atoms with van der Waals surface area (Å²) in [6, 6.07) is 13.3. The molecule has 2 aromatic rings. The van der Waals surface area contributed by atoms with E-state index in [1.807, 2.05) is 6.07 Å². The van der Waals surface area contributed by atoms with Crippen molar-refractivity contribution in [2.75, 3.05) is 19.5 Å². The Bertz CT molecular complexity index is 974. The zero-order chi connectivity index (χ0) is 22.1. The molecule has 0 aliphatic rings. The van der Waals surface area contributed by atoms with E-state index in [0.29, 0.717) is 9.79 Å². The lowest BCUT2D eigenvalue weighted by atomic mass is 10.2. The van der Waals surface area contributed by atoms with Gasteiger partial charge in [-0.1, -0.05) is 18.2 Å². The Morgan fingerprint density at radius 3 is 2.03 bits per heavy atom. The number of methoxy groups -OCH3 is 2. The molecular weight excluding hydrogens is 412 g/mol. The number of nitrogens with zero attached hydrogens (tertiary/aromatic N) is 1. The Morgan fingerprint density at radius 1 is 0.900 bits per heavy atom. The molecule has 1 atom stereocenters. The van der Waals surface area contributed by atoms with E-state index in [0.717, 1.165) is 14.2 Å². The molecule has 3 amide bonds. The normalized spacial score (nSPS) is 10.9. The number of hydrogen-bond donors (Lipinski definition) is 3. The minimum absolute atomic E-state index is 0.182. The molecule has 2 rings (SSSR count). The Hall–Kier alpha value is -3.73. The van der Waals surface area contributed by atoms with Crippen molar-refractivity contribution in [2.24, 2.45) is 4.99 Å². The molecule has 3 N–H and O–H groups in total. The molecule has 0 fully saturated rings. The van der Waals surface area contributed by atoms with Crippen LogP contribution in [-0.2, 0) is 25.1 Å². The maximum absolute atomic E-state index is 12.8. The van der Waals surface area contributed by atoms with E-state index in [1.165, 1.54) is 19.1 Å². The van der Waals surface area contributed by atoms with Crippen LogP contribution in [0.15, 0.2) is 63.3 Å². The Kier molecular flexibility index (Phi) is 8.06. The summed E-state index contributed by atoms with van der Waals surface area (Å²) in [4.78, 5) is 39.8. The number of anilines is 1. The van der Waals surface area contributed by atoms with Gasteiger partial charge in [-0.2, -0.15) is 0 Å². The van der Waals surface area contributed by atoms with Gasteiger partial charge >= 0.3 is 12.2 Å². The van der Waals surface area contributed by atoms with Crippen molar-refractivity contribution in [1.82, 2.24) is 10.6 Å². The second-order valence-corrected chi connectivity index (χ2v) is 7.12. The summed E-state index contributed by atoms with van der Waals surface area (Å²) in [6.07, 6.45) is -1.76. The second-order valence-electron chi connectivity index (χ2n) is 5.64. The number of benzene rings is 2. The number of aliphatic imine (C=N–C) groups is 1.